The molecule has 1 fully saturated rings. The van der Waals surface area contributed by atoms with Crippen LogP contribution in [-0.2, 0) is 22.4 Å². The zero-order valence-corrected chi connectivity index (χ0v) is 26.6. The van der Waals surface area contributed by atoms with Crippen LogP contribution in [0, 0.1) is 0 Å². The SMILES string of the molecule is O=C(C(=O)C(F)(F)F)C(F)(F)F.O=C(Nc1ccc2cc1CCc1cncc(c1)Nc1ncc(Cl)c(n1)N2)N[C@H]1CCN(C(=O)c2cn[nH]c2)C1. The number of fused-ring (bicyclic) bond motifs is 6. The summed E-state index contributed by atoms with van der Waals surface area (Å²) in [6, 6.07) is 7.19. The molecule has 0 radical (unpaired) electrons. The number of carbonyl (C=O) groups is 4. The van der Waals surface area contributed by atoms with Crippen LogP contribution in [-0.4, -0.2) is 85.0 Å². The van der Waals surface area contributed by atoms with Gasteiger partial charge in [0.2, 0.25) is 5.95 Å². The van der Waals surface area contributed by atoms with E-state index in [1.807, 2.05) is 30.5 Å². The molecule has 6 rings (SSSR count). The largest absolute Gasteiger partial charge is 0.458 e. The van der Waals surface area contributed by atoms with Crippen LogP contribution < -0.4 is 21.3 Å². The average molecular weight is 739 g/mol. The molecule has 21 heteroatoms. The van der Waals surface area contributed by atoms with Crippen LogP contribution in [0.2, 0.25) is 5.02 Å². The minimum atomic E-state index is -5.77. The number of aryl methyl sites for hydroxylation is 2. The maximum atomic E-state index is 13.0. The third kappa shape index (κ3) is 9.47. The number of anilines is 5. The lowest BCUT2D eigenvalue weighted by molar-refractivity contribution is -0.193. The molecule has 4 aromatic rings. The summed E-state index contributed by atoms with van der Waals surface area (Å²) in [4.78, 5) is 59.6. The van der Waals surface area contributed by atoms with Gasteiger partial charge in [-0.25, -0.2) is 9.78 Å². The predicted octanol–water partition coefficient (Wildman–Crippen LogP) is 5.12. The van der Waals surface area contributed by atoms with Crippen molar-refractivity contribution in [2.24, 2.45) is 0 Å². The summed E-state index contributed by atoms with van der Waals surface area (Å²) < 4.78 is 67.0. The van der Waals surface area contributed by atoms with E-state index in [2.05, 4.69) is 46.4 Å². The molecule has 2 aliphatic heterocycles. The first kappa shape index (κ1) is 36.5. The lowest BCUT2D eigenvalue weighted by Crippen LogP contribution is -2.40. The molecule has 2 aliphatic rings. The van der Waals surface area contributed by atoms with Crippen LogP contribution in [0.25, 0.3) is 0 Å². The summed E-state index contributed by atoms with van der Waals surface area (Å²) in [5, 5.41) is 19.3. The number of alkyl halides is 6. The standard InChI is InChI=1S/C26H25ClN10O2.C4F6O2/c27-21-13-29-25-33-20-7-15(9-28-12-20)1-2-16-8-18(32-23(21)36-25)3-4-22(16)35-26(39)34-19-5-6-37(14-19)24(38)17-10-30-31-11-17;5-3(6,7)1(11)2(12)4(8,9)10/h3-4,7-13,19H,1-2,5-6,14H2,(H,30,31)(H2,34,35,39)(H2,29,32,33,36);/t19-;/m0./s1. The third-order valence-electron chi connectivity index (χ3n) is 7.37. The topological polar surface area (TPSA) is 187 Å². The van der Waals surface area contributed by atoms with Gasteiger partial charge in [0.1, 0.15) is 5.02 Å². The number of benzene rings is 1. The number of pyridine rings is 1. The highest BCUT2D eigenvalue weighted by atomic mass is 35.5. The second-order valence-electron chi connectivity index (χ2n) is 11.1. The van der Waals surface area contributed by atoms with Crippen molar-refractivity contribution in [2.75, 3.05) is 29.0 Å². The third-order valence-corrected chi connectivity index (χ3v) is 7.65. The summed E-state index contributed by atoms with van der Waals surface area (Å²) in [6.07, 6.45) is -1.38. The first-order valence-corrected chi connectivity index (χ1v) is 15.2. The van der Waals surface area contributed by atoms with Crippen molar-refractivity contribution in [1.29, 1.82) is 0 Å². The Balaban J connectivity index is 0.000000362. The second-order valence-corrected chi connectivity index (χ2v) is 11.5. The Morgan fingerprint density at radius 3 is 2.33 bits per heavy atom. The number of aromatic nitrogens is 5. The number of Topliss-reactive ketones (excluding diaryl/α,β-unsaturated/α-hetero) is 2. The van der Waals surface area contributed by atoms with Crippen molar-refractivity contribution in [3.05, 3.63) is 77.0 Å². The van der Waals surface area contributed by atoms with Crippen molar-refractivity contribution in [1.82, 2.24) is 35.4 Å². The number of aromatic amines is 1. The van der Waals surface area contributed by atoms with Crippen molar-refractivity contribution >= 4 is 63.9 Å². The first-order valence-electron chi connectivity index (χ1n) is 14.8. The molecule has 5 N–H and O–H groups in total. The molecule has 6 bridgehead atoms. The van der Waals surface area contributed by atoms with E-state index < -0.39 is 23.9 Å². The van der Waals surface area contributed by atoms with Gasteiger partial charge in [-0.2, -0.15) is 36.4 Å². The van der Waals surface area contributed by atoms with E-state index in [4.69, 9.17) is 11.6 Å². The fourth-order valence-corrected chi connectivity index (χ4v) is 5.11. The van der Waals surface area contributed by atoms with Gasteiger partial charge in [-0.05, 0) is 54.7 Å². The summed E-state index contributed by atoms with van der Waals surface area (Å²) in [6.45, 7) is 1.00. The van der Waals surface area contributed by atoms with Crippen LogP contribution >= 0.6 is 11.6 Å². The molecule has 0 saturated carbocycles. The molecule has 1 atom stereocenters. The number of urea groups is 1. The molecule has 5 heterocycles. The lowest BCUT2D eigenvalue weighted by Gasteiger charge is -2.18. The Morgan fingerprint density at radius 2 is 1.65 bits per heavy atom. The molecule has 1 aromatic carbocycles. The number of nitrogens with zero attached hydrogens (tertiary/aromatic N) is 5. The molecular formula is C30H25ClF6N10O4. The highest BCUT2D eigenvalue weighted by Crippen LogP contribution is 2.29. The average Bonchev–Trinajstić information content (AvgIpc) is 3.78. The highest BCUT2D eigenvalue weighted by molar-refractivity contribution is 6.41. The summed E-state index contributed by atoms with van der Waals surface area (Å²) >= 11 is 6.35. The number of H-pyrrole nitrogens is 1. The van der Waals surface area contributed by atoms with Gasteiger partial charge in [0.25, 0.3) is 5.91 Å². The molecule has 268 valence electrons. The van der Waals surface area contributed by atoms with E-state index in [9.17, 15) is 45.5 Å². The molecule has 3 aromatic heterocycles. The van der Waals surface area contributed by atoms with E-state index in [0.717, 1.165) is 22.5 Å². The van der Waals surface area contributed by atoms with E-state index in [1.165, 1.54) is 12.4 Å². The van der Waals surface area contributed by atoms with E-state index in [-0.39, 0.29) is 18.0 Å². The monoisotopic (exact) mass is 738 g/mol. The van der Waals surface area contributed by atoms with Crippen molar-refractivity contribution < 1.29 is 45.5 Å². The van der Waals surface area contributed by atoms with Crippen molar-refractivity contribution in [2.45, 2.75) is 37.7 Å². The van der Waals surface area contributed by atoms with Crippen molar-refractivity contribution in [3.8, 4) is 0 Å². The first-order chi connectivity index (χ1) is 24.1. The summed E-state index contributed by atoms with van der Waals surface area (Å²) in [5.41, 5.74) is 4.69. The van der Waals surface area contributed by atoms with Gasteiger partial charge in [0, 0.05) is 42.9 Å². The second kappa shape index (κ2) is 15.0. The lowest BCUT2D eigenvalue weighted by atomic mass is 10.0. The van der Waals surface area contributed by atoms with Gasteiger partial charge in [0.15, 0.2) is 5.82 Å². The number of halogens is 7. The fraction of sp³-hybridized carbons (Fsp3) is 0.267. The molecule has 3 amide bonds. The molecule has 0 spiro atoms. The number of nitrogens with one attached hydrogen (secondary N) is 5. The van der Waals surface area contributed by atoms with Gasteiger partial charge in [-0.3, -0.25) is 24.5 Å². The Labute approximate surface area is 288 Å². The molecule has 14 nitrogen and oxygen atoms in total. The Hall–Kier alpha value is -5.79. The van der Waals surface area contributed by atoms with Crippen LogP contribution in [0.1, 0.15) is 27.9 Å². The summed E-state index contributed by atoms with van der Waals surface area (Å²) in [5.74, 6) is -6.07. The number of ketones is 2. The molecular weight excluding hydrogens is 714 g/mol. The maximum Gasteiger partial charge on any atom is 0.458 e. The number of likely N-dealkylation sites (tertiary alicyclic amines) is 1. The molecule has 0 aliphatic carbocycles. The van der Waals surface area contributed by atoms with E-state index in [1.54, 1.807) is 17.3 Å². The number of amides is 3. The molecule has 0 unspecified atom stereocenters. The number of carbonyl (C=O) groups excluding carboxylic acids is 4. The van der Waals surface area contributed by atoms with E-state index >= 15 is 0 Å². The zero-order valence-electron chi connectivity index (χ0n) is 25.8. The minimum absolute atomic E-state index is 0.104. The predicted molar refractivity (Wildman–Crippen MR) is 169 cm³/mol. The van der Waals surface area contributed by atoms with Crippen LogP contribution in [0.5, 0.6) is 0 Å². The van der Waals surface area contributed by atoms with Gasteiger partial charge >= 0.3 is 30.0 Å². The number of rotatable bonds is 4. The van der Waals surface area contributed by atoms with Crippen molar-refractivity contribution in [3.63, 3.8) is 0 Å². The zero-order chi connectivity index (χ0) is 36.9. The Morgan fingerprint density at radius 1 is 0.902 bits per heavy atom. The van der Waals surface area contributed by atoms with Gasteiger partial charge in [-0.15, -0.1) is 0 Å². The van der Waals surface area contributed by atoms with Crippen LogP contribution in [0.15, 0.2) is 55.2 Å². The summed E-state index contributed by atoms with van der Waals surface area (Å²) in [7, 11) is 0. The molecule has 1 saturated heterocycles. The number of hydrogen-bond donors (Lipinski definition) is 5. The normalized spacial score (nSPS) is 15.4. The fourth-order valence-electron chi connectivity index (χ4n) is 4.97. The van der Waals surface area contributed by atoms with Crippen LogP contribution in [0.4, 0.5) is 60.0 Å². The Kier molecular flexibility index (Phi) is 10.7. The smallest absolute Gasteiger partial charge is 0.339 e. The van der Waals surface area contributed by atoms with Crippen LogP contribution in [0.3, 0.4) is 0 Å². The van der Waals surface area contributed by atoms with Gasteiger partial charge in [-0.1, -0.05) is 11.6 Å². The minimum Gasteiger partial charge on any atom is -0.339 e. The highest BCUT2D eigenvalue weighted by Gasteiger charge is 2.54. The van der Waals surface area contributed by atoms with E-state index in [0.29, 0.717) is 60.4 Å². The Bertz CT molecular complexity index is 1920. The molecule has 51 heavy (non-hydrogen) atoms. The van der Waals surface area contributed by atoms with Gasteiger partial charge < -0.3 is 26.2 Å². The quantitative estimate of drug-likeness (QED) is 0.139. The van der Waals surface area contributed by atoms with Gasteiger partial charge in [0.05, 0.1) is 29.8 Å². The number of hydrogen-bond acceptors (Lipinski definition) is 10. The maximum absolute atomic E-state index is 13.0.